The zero-order valence-electron chi connectivity index (χ0n) is 12.8. The van der Waals surface area contributed by atoms with Crippen LogP contribution in [-0.2, 0) is 17.9 Å². The zero-order chi connectivity index (χ0) is 15.8. The molecule has 2 rings (SSSR count). The zero-order valence-corrected chi connectivity index (χ0v) is 12.8. The Bertz CT molecular complexity index is 429. The van der Waals surface area contributed by atoms with Crippen molar-refractivity contribution in [2.45, 2.75) is 57.1 Å². The molecule has 0 bridgehead atoms. The molecule has 2 heterocycles. The molecule has 1 aromatic rings. The van der Waals surface area contributed by atoms with Crippen LogP contribution in [0.25, 0.3) is 0 Å². The van der Waals surface area contributed by atoms with Gasteiger partial charge in [-0.05, 0) is 12.8 Å². The van der Waals surface area contributed by atoms with E-state index in [1.54, 1.807) is 4.68 Å². The van der Waals surface area contributed by atoms with Crippen molar-refractivity contribution in [1.29, 1.82) is 0 Å². The van der Waals surface area contributed by atoms with Crippen LogP contribution in [-0.4, -0.2) is 68.3 Å². The summed E-state index contributed by atoms with van der Waals surface area (Å²) in [5, 5.41) is 39.2. The van der Waals surface area contributed by atoms with Gasteiger partial charge in [0.2, 0.25) is 0 Å². The van der Waals surface area contributed by atoms with Crippen molar-refractivity contribution in [1.82, 2.24) is 20.3 Å². The maximum atomic E-state index is 9.83. The average molecular weight is 314 g/mol. The molecule has 0 saturated carbocycles. The largest absolute Gasteiger partial charge is 0.396 e. The number of aliphatic hydroxyl groups excluding tert-OH is 3. The predicted molar refractivity (Wildman–Crippen MR) is 79.0 cm³/mol. The molecular weight excluding hydrogens is 288 g/mol. The third-order valence-electron chi connectivity index (χ3n) is 3.80. The molecule has 8 nitrogen and oxygen atoms in total. The Balaban J connectivity index is 1.68. The number of aromatic nitrogens is 3. The van der Waals surface area contributed by atoms with Gasteiger partial charge in [0, 0.05) is 26.2 Å². The van der Waals surface area contributed by atoms with Crippen LogP contribution in [0.15, 0.2) is 6.20 Å². The second-order valence-electron chi connectivity index (χ2n) is 5.68. The summed E-state index contributed by atoms with van der Waals surface area (Å²) in [7, 11) is 0. The fourth-order valence-corrected chi connectivity index (χ4v) is 2.47. The number of unbranched alkanes of at least 4 members (excludes halogenated alkanes) is 3. The number of hydrogen-bond acceptors (Lipinski definition) is 7. The van der Waals surface area contributed by atoms with E-state index in [0.29, 0.717) is 18.8 Å². The van der Waals surface area contributed by atoms with Gasteiger partial charge in [0.1, 0.15) is 11.8 Å². The highest BCUT2D eigenvalue weighted by molar-refractivity contribution is 4.91. The molecule has 126 valence electrons. The minimum Gasteiger partial charge on any atom is -0.396 e. The Morgan fingerprint density at radius 1 is 1.23 bits per heavy atom. The number of piperidine rings is 1. The highest BCUT2D eigenvalue weighted by Gasteiger charge is 2.31. The number of rotatable bonds is 9. The van der Waals surface area contributed by atoms with Gasteiger partial charge in [0.25, 0.3) is 0 Å². The van der Waals surface area contributed by atoms with E-state index in [1.807, 2.05) is 6.20 Å². The summed E-state index contributed by atoms with van der Waals surface area (Å²) in [4.78, 5) is 0. The first-order valence-corrected chi connectivity index (χ1v) is 7.89. The van der Waals surface area contributed by atoms with E-state index in [4.69, 9.17) is 9.84 Å². The minimum absolute atomic E-state index is 0.251. The number of aryl methyl sites for hydroxylation is 1. The van der Waals surface area contributed by atoms with Gasteiger partial charge >= 0.3 is 0 Å². The third-order valence-corrected chi connectivity index (χ3v) is 3.80. The number of β-amino-alcohol motifs (C(OH)–C–C–N with tert-alkyl or cyclic N) is 1. The van der Waals surface area contributed by atoms with Crippen LogP contribution in [0.4, 0.5) is 0 Å². The van der Waals surface area contributed by atoms with Crippen molar-refractivity contribution in [2.75, 3.05) is 19.7 Å². The quantitative estimate of drug-likeness (QED) is 0.434. The number of ether oxygens (including phenoxy) is 1. The molecule has 0 spiro atoms. The minimum atomic E-state index is -0.872. The van der Waals surface area contributed by atoms with Gasteiger partial charge in [-0.1, -0.05) is 18.1 Å². The van der Waals surface area contributed by atoms with Crippen LogP contribution in [0.5, 0.6) is 0 Å². The summed E-state index contributed by atoms with van der Waals surface area (Å²) in [5.41, 5.74) is 0.711. The second kappa shape index (κ2) is 9.16. The maximum Gasteiger partial charge on any atom is 0.108 e. The molecule has 0 radical (unpaired) electrons. The Morgan fingerprint density at radius 2 is 2.05 bits per heavy atom. The van der Waals surface area contributed by atoms with Gasteiger partial charge < -0.3 is 25.4 Å². The first-order chi connectivity index (χ1) is 10.7. The number of aliphatic hydroxyl groups is 3. The van der Waals surface area contributed by atoms with E-state index in [-0.39, 0.29) is 13.2 Å². The summed E-state index contributed by atoms with van der Waals surface area (Å²) >= 11 is 0. The van der Waals surface area contributed by atoms with Crippen LogP contribution < -0.4 is 5.32 Å². The molecule has 0 aromatic carbocycles. The Morgan fingerprint density at radius 3 is 2.86 bits per heavy atom. The van der Waals surface area contributed by atoms with E-state index in [9.17, 15) is 10.2 Å². The van der Waals surface area contributed by atoms with Crippen LogP contribution >= 0.6 is 0 Å². The third kappa shape index (κ3) is 5.29. The lowest BCUT2D eigenvalue weighted by molar-refractivity contribution is -0.109. The predicted octanol–water partition coefficient (Wildman–Crippen LogP) is -0.959. The van der Waals surface area contributed by atoms with Crippen LogP contribution in [0.2, 0.25) is 0 Å². The topological polar surface area (TPSA) is 113 Å². The number of hydrogen-bond donors (Lipinski definition) is 4. The summed E-state index contributed by atoms with van der Waals surface area (Å²) < 4.78 is 7.39. The molecule has 1 fully saturated rings. The van der Waals surface area contributed by atoms with Gasteiger partial charge in [-0.3, -0.25) is 4.68 Å². The van der Waals surface area contributed by atoms with E-state index in [1.165, 1.54) is 0 Å². The standard InChI is InChI=1S/C14H26N4O4/c19-6-4-2-1-3-5-18-9-11(16-17-18)10-22-13-8-15-7-12(20)14(13)21/h9,12-15,19-21H,1-8,10H2/t12-,13+,14+/m1/s1. The summed E-state index contributed by atoms with van der Waals surface area (Å²) in [6.07, 6.45) is 3.66. The fourth-order valence-electron chi connectivity index (χ4n) is 2.47. The summed E-state index contributed by atoms with van der Waals surface area (Å²) in [6.45, 7) is 2.21. The van der Waals surface area contributed by atoms with Crippen LogP contribution in [0, 0.1) is 0 Å². The van der Waals surface area contributed by atoms with Gasteiger partial charge in [-0.15, -0.1) is 5.10 Å². The molecule has 4 N–H and O–H groups in total. The number of nitrogens with one attached hydrogen (secondary N) is 1. The molecule has 3 atom stereocenters. The molecule has 0 amide bonds. The van der Waals surface area contributed by atoms with Gasteiger partial charge in [-0.25, -0.2) is 0 Å². The maximum absolute atomic E-state index is 9.83. The molecule has 1 saturated heterocycles. The molecular formula is C14H26N4O4. The van der Waals surface area contributed by atoms with E-state index >= 15 is 0 Å². The van der Waals surface area contributed by atoms with Crippen molar-refractivity contribution in [2.24, 2.45) is 0 Å². The average Bonchev–Trinajstić information content (AvgIpc) is 2.96. The van der Waals surface area contributed by atoms with Crippen molar-refractivity contribution >= 4 is 0 Å². The molecule has 1 aliphatic rings. The normalized spacial score (nSPS) is 25.5. The Labute approximate surface area is 130 Å². The van der Waals surface area contributed by atoms with Crippen molar-refractivity contribution in [3.05, 3.63) is 11.9 Å². The van der Waals surface area contributed by atoms with Crippen molar-refractivity contribution < 1.29 is 20.1 Å². The molecule has 1 aliphatic heterocycles. The second-order valence-corrected chi connectivity index (χ2v) is 5.68. The summed E-state index contributed by atoms with van der Waals surface area (Å²) in [6, 6.07) is 0. The van der Waals surface area contributed by atoms with Crippen LogP contribution in [0.3, 0.4) is 0 Å². The van der Waals surface area contributed by atoms with E-state index in [0.717, 1.165) is 32.2 Å². The highest BCUT2D eigenvalue weighted by atomic mass is 16.5. The monoisotopic (exact) mass is 314 g/mol. The smallest absolute Gasteiger partial charge is 0.108 e. The SMILES string of the molecule is OCCCCCCn1cc(CO[C@H]2CNC[C@@H](O)[C@@H]2O)nn1. The van der Waals surface area contributed by atoms with Crippen LogP contribution in [0.1, 0.15) is 31.4 Å². The lowest BCUT2D eigenvalue weighted by Gasteiger charge is -2.32. The van der Waals surface area contributed by atoms with Gasteiger partial charge in [0.15, 0.2) is 0 Å². The molecule has 0 aliphatic carbocycles. The van der Waals surface area contributed by atoms with Crippen molar-refractivity contribution in [3.63, 3.8) is 0 Å². The lowest BCUT2D eigenvalue weighted by Crippen LogP contribution is -2.54. The lowest BCUT2D eigenvalue weighted by atomic mass is 10.0. The fraction of sp³-hybridized carbons (Fsp3) is 0.857. The molecule has 1 aromatic heterocycles. The number of nitrogens with zero attached hydrogens (tertiary/aromatic N) is 3. The molecule has 0 unspecified atom stereocenters. The molecule has 22 heavy (non-hydrogen) atoms. The highest BCUT2D eigenvalue weighted by Crippen LogP contribution is 2.11. The van der Waals surface area contributed by atoms with E-state index < -0.39 is 18.3 Å². The van der Waals surface area contributed by atoms with Crippen molar-refractivity contribution in [3.8, 4) is 0 Å². The molecule has 8 heteroatoms. The first kappa shape index (κ1) is 17.3. The van der Waals surface area contributed by atoms with E-state index in [2.05, 4.69) is 15.6 Å². The van der Waals surface area contributed by atoms with Gasteiger partial charge in [-0.2, -0.15) is 0 Å². The first-order valence-electron chi connectivity index (χ1n) is 7.89. The summed E-state index contributed by atoms with van der Waals surface area (Å²) in [5.74, 6) is 0. The Hall–Kier alpha value is -1.06. The Kier molecular flexibility index (Phi) is 7.20. The van der Waals surface area contributed by atoms with Gasteiger partial charge in [0.05, 0.1) is 25.0 Å².